The van der Waals surface area contributed by atoms with Crippen LogP contribution in [0.25, 0.3) is 44.5 Å². The third-order valence-electron chi connectivity index (χ3n) is 14.4. The maximum Gasteiger partial charge on any atom is 0.407 e. The number of alkyl halides is 2. The number of aromatic nitrogens is 3. The molecule has 10 rings (SSSR count). The molecule has 3 aromatic carbocycles. The Morgan fingerprint density at radius 1 is 0.946 bits per heavy atom. The molecule has 4 N–H and O–H groups in total. The summed E-state index contributed by atoms with van der Waals surface area (Å²) in [5, 5.41) is 6.48. The van der Waals surface area contributed by atoms with Crippen LogP contribution in [0, 0.1) is 17.3 Å². The van der Waals surface area contributed by atoms with E-state index in [0.717, 1.165) is 65.8 Å². The maximum absolute atomic E-state index is 16.4. The summed E-state index contributed by atoms with van der Waals surface area (Å²) in [6, 6.07) is 20.9. The van der Waals surface area contributed by atoms with E-state index in [9.17, 15) is 9.59 Å². The zero-order valence-electron chi connectivity index (χ0n) is 32.5. The molecule has 5 aliphatic rings. The number of halogens is 2. The number of imidazole rings is 1. The molecule has 56 heavy (non-hydrogen) atoms. The minimum atomic E-state index is -3.16. The third-order valence-corrected chi connectivity index (χ3v) is 14.4. The number of alkyl carbamates (subject to hydrolysis) is 1. The molecule has 2 bridgehead atoms. The summed E-state index contributed by atoms with van der Waals surface area (Å²) in [6.45, 7) is 8.72. The second-order valence-corrected chi connectivity index (χ2v) is 17.8. The molecule has 2 saturated carbocycles. The normalized spacial score (nSPS) is 26.1. The van der Waals surface area contributed by atoms with Gasteiger partial charge in [-0.1, -0.05) is 44.2 Å². The van der Waals surface area contributed by atoms with Crippen molar-refractivity contribution < 1.29 is 23.1 Å². The molecular weight excluding hydrogens is 711 g/mol. The van der Waals surface area contributed by atoms with Gasteiger partial charge in [-0.2, -0.15) is 8.78 Å². The second-order valence-electron chi connectivity index (χ2n) is 17.8. The summed E-state index contributed by atoms with van der Waals surface area (Å²) in [7, 11) is 1.30. The SMILES string of the molecule is COC(=O)NC(C)(C(=O)N1[C@@H]2CC[C@@H](C2)C1(C)c1nc2ccc(-c3ccc4c(c3)C(F)(F)c3cc(-c5ccc([C@@H]6CC7(CC7)CN6)[nH]5)ccc3-4)cc2[nH]1)C(C)C. The van der Waals surface area contributed by atoms with Gasteiger partial charge in [0.15, 0.2) is 0 Å². The summed E-state index contributed by atoms with van der Waals surface area (Å²) >= 11 is 0. The van der Waals surface area contributed by atoms with Crippen LogP contribution >= 0.6 is 0 Å². The van der Waals surface area contributed by atoms with Gasteiger partial charge in [-0.15, -0.1) is 0 Å². The van der Waals surface area contributed by atoms with Crippen LogP contribution in [-0.2, 0) is 21.0 Å². The van der Waals surface area contributed by atoms with Gasteiger partial charge in [0.1, 0.15) is 16.9 Å². The van der Waals surface area contributed by atoms with E-state index in [2.05, 4.69) is 33.6 Å². The zero-order chi connectivity index (χ0) is 38.9. The molecule has 2 amide bonds. The molecule has 9 nitrogen and oxygen atoms in total. The lowest BCUT2D eigenvalue weighted by Crippen LogP contribution is -2.65. The lowest BCUT2D eigenvalue weighted by atomic mass is 9.80. The Kier molecular flexibility index (Phi) is 7.58. The summed E-state index contributed by atoms with van der Waals surface area (Å²) in [4.78, 5) is 41.0. The molecule has 2 unspecified atom stereocenters. The molecule has 2 saturated heterocycles. The van der Waals surface area contributed by atoms with Crippen molar-refractivity contribution in [2.45, 2.75) is 95.3 Å². The van der Waals surface area contributed by atoms with E-state index in [0.29, 0.717) is 27.9 Å². The number of benzene rings is 3. The van der Waals surface area contributed by atoms with Crippen molar-refractivity contribution in [1.29, 1.82) is 0 Å². The van der Waals surface area contributed by atoms with Gasteiger partial charge < -0.3 is 30.2 Å². The Hall–Kier alpha value is -5.03. The quantitative estimate of drug-likeness (QED) is 0.132. The topological polar surface area (TPSA) is 115 Å². The molecular formula is C45H48F2N6O3. The van der Waals surface area contributed by atoms with Crippen molar-refractivity contribution in [3.8, 4) is 33.5 Å². The number of methoxy groups -OCH3 is 1. The van der Waals surface area contributed by atoms with Gasteiger partial charge in [-0.05, 0) is 134 Å². The molecule has 4 heterocycles. The van der Waals surface area contributed by atoms with Crippen molar-refractivity contribution in [1.82, 2.24) is 30.5 Å². The Balaban J connectivity index is 0.942. The Morgan fingerprint density at radius 3 is 2.34 bits per heavy atom. The van der Waals surface area contributed by atoms with Gasteiger partial charge in [-0.3, -0.25) is 4.79 Å². The Morgan fingerprint density at radius 2 is 1.64 bits per heavy atom. The van der Waals surface area contributed by atoms with E-state index in [4.69, 9.17) is 9.72 Å². The van der Waals surface area contributed by atoms with Crippen LogP contribution in [0.5, 0.6) is 0 Å². The van der Waals surface area contributed by atoms with Crippen molar-refractivity contribution in [2.24, 2.45) is 17.3 Å². The lowest BCUT2D eigenvalue weighted by molar-refractivity contribution is -0.149. The fourth-order valence-corrected chi connectivity index (χ4v) is 10.4. The number of hydrogen-bond acceptors (Lipinski definition) is 5. The Labute approximate surface area is 325 Å². The number of nitrogens with zero attached hydrogens (tertiary/aromatic N) is 2. The minimum Gasteiger partial charge on any atom is -0.453 e. The number of nitrogens with one attached hydrogen (secondary N) is 4. The molecule has 0 radical (unpaired) electrons. The fraction of sp³-hybridized carbons (Fsp3) is 0.444. The van der Waals surface area contributed by atoms with Crippen LogP contribution in [0.3, 0.4) is 0 Å². The van der Waals surface area contributed by atoms with Gasteiger partial charge in [0.25, 0.3) is 5.92 Å². The van der Waals surface area contributed by atoms with Crippen LogP contribution in [-0.4, -0.2) is 57.1 Å². The summed E-state index contributed by atoms with van der Waals surface area (Å²) in [5.74, 6) is -2.66. The van der Waals surface area contributed by atoms with E-state index in [1.165, 1.54) is 20.0 Å². The van der Waals surface area contributed by atoms with Crippen LogP contribution in [0.2, 0.25) is 0 Å². The Bertz CT molecular complexity index is 2450. The summed E-state index contributed by atoms with van der Waals surface area (Å²) in [6.07, 6.45) is 5.75. The van der Waals surface area contributed by atoms with Crippen molar-refractivity contribution in [3.05, 3.63) is 89.4 Å². The average Bonchev–Trinajstić information content (AvgIpc) is 3.84. The highest BCUT2D eigenvalue weighted by Crippen LogP contribution is 2.57. The average molecular weight is 759 g/mol. The van der Waals surface area contributed by atoms with Gasteiger partial charge >= 0.3 is 6.09 Å². The first-order valence-electron chi connectivity index (χ1n) is 20.0. The fourth-order valence-electron chi connectivity index (χ4n) is 10.4. The number of rotatable bonds is 7. The molecule has 2 aromatic heterocycles. The van der Waals surface area contributed by atoms with Crippen LogP contribution in [0.15, 0.2) is 66.7 Å². The summed E-state index contributed by atoms with van der Waals surface area (Å²) in [5.41, 5.74) is 5.35. The zero-order valence-corrected chi connectivity index (χ0v) is 32.5. The highest BCUT2D eigenvalue weighted by Gasteiger charge is 2.61. The monoisotopic (exact) mass is 758 g/mol. The van der Waals surface area contributed by atoms with Crippen molar-refractivity contribution in [3.63, 3.8) is 0 Å². The molecule has 4 fully saturated rings. The highest BCUT2D eigenvalue weighted by atomic mass is 19.3. The van der Waals surface area contributed by atoms with Crippen LogP contribution in [0.1, 0.15) is 94.9 Å². The summed E-state index contributed by atoms with van der Waals surface area (Å²) < 4.78 is 37.8. The van der Waals surface area contributed by atoms with E-state index in [1.807, 2.05) is 67.3 Å². The maximum atomic E-state index is 16.4. The largest absolute Gasteiger partial charge is 0.453 e. The molecule has 11 heteroatoms. The first-order chi connectivity index (χ1) is 26.7. The highest BCUT2D eigenvalue weighted by molar-refractivity contribution is 5.92. The van der Waals surface area contributed by atoms with E-state index in [-0.39, 0.29) is 41.0 Å². The molecule has 290 valence electrons. The number of fused-ring (bicyclic) bond motifs is 6. The number of H-pyrrole nitrogens is 2. The smallest absolute Gasteiger partial charge is 0.407 e. The van der Waals surface area contributed by atoms with Gasteiger partial charge in [0.2, 0.25) is 5.91 Å². The third kappa shape index (κ3) is 5.08. The molecule has 5 aromatic rings. The number of carbonyl (C=O) groups excluding carboxylic acids is 2. The van der Waals surface area contributed by atoms with Crippen LogP contribution < -0.4 is 10.6 Å². The van der Waals surface area contributed by atoms with Crippen LogP contribution in [0.4, 0.5) is 13.6 Å². The number of hydrogen-bond donors (Lipinski definition) is 4. The van der Waals surface area contributed by atoms with Crippen molar-refractivity contribution >= 4 is 23.0 Å². The predicted molar refractivity (Wildman–Crippen MR) is 211 cm³/mol. The minimum absolute atomic E-state index is 0.00187. The molecule has 2 aliphatic heterocycles. The first-order valence-corrected chi connectivity index (χ1v) is 20.0. The molecule has 5 atom stereocenters. The number of carbonyl (C=O) groups is 2. The van der Waals surface area contributed by atoms with Crippen molar-refractivity contribution in [2.75, 3.05) is 13.7 Å². The number of piperidine rings is 1. The molecule has 1 spiro atoms. The predicted octanol–water partition coefficient (Wildman–Crippen LogP) is 9.16. The second kappa shape index (κ2) is 12.0. The number of likely N-dealkylation sites (tertiary alicyclic amines) is 1. The number of ether oxygens (including phenoxy) is 1. The van der Waals surface area contributed by atoms with E-state index in [1.54, 1.807) is 19.1 Å². The number of aromatic amines is 2. The van der Waals surface area contributed by atoms with Gasteiger partial charge in [0, 0.05) is 41.1 Å². The lowest BCUT2D eigenvalue weighted by Gasteiger charge is -2.47. The standard InChI is InChI=1S/C45H48F2N6O3/c1-24(2)42(3,52-41(55)56-5)40(54)53-29-10-9-28(21-29)43(53,4)39-50-35-13-8-26(20-37(35)51-39)25-6-11-30-31-12-7-27(19-33(31)45(46,47)32(30)18-25)34-14-15-36(49-34)38-22-44(16-17-44)23-48-38/h6-8,11-15,18-20,24,28-29,38,48-49H,9-10,16-17,21-23H2,1-5H3,(H,50,51)(H,52,55)/t28-,29+,38-,42?,43?/m0/s1. The van der Waals surface area contributed by atoms with E-state index < -0.39 is 23.1 Å². The van der Waals surface area contributed by atoms with E-state index >= 15 is 8.78 Å². The van der Waals surface area contributed by atoms with Gasteiger partial charge in [0.05, 0.1) is 18.1 Å². The number of amides is 2. The van der Waals surface area contributed by atoms with Gasteiger partial charge in [-0.25, -0.2) is 9.78 Å². The first kappa shape index (κ1) is 35.4. The molecule has 3 aliphatic carbocycles.